The number of hydrogen-bond acceptors (Lipinski definition) is 4. The maximum Gasteiger partial charge on any atom is 0.217 e. The van der Waals surface area contributed by atoms with Crippen LogP contribution < -0.4 is 11.1 Å². The summed E-state index contributed by atoms with van der Waals surface area (Å²) in [4.78, 5) is 7.13. The van der Waals surface area contributed by atoms with E-state index in [0.717, 1.165) is 6.42 Å². The standard InChI is InChI=1S/C7H11FN4/c8-6-4-7(12-5-11-6)10-3-1-2-9/h4-5H,1-3,9H2,(H,10,11,12). The van der Waals surface area contributed by atoms with Crippen LogP contribution in [-0.2, 0) is 0 Å². The molecule has 0 atom stereocenters. The molecule has 0 unspecified atom stereocenters. The summed E-state index contributed by atoms with van der Waals surface area (Å²) >= 11 is 0. The lowest BCUT2D eigenvalue weighted by atomic mass is 10.4. The zero-order valence-corrected chi connectivity index (χ0v) is 6.63. The predicted molar refractivity (Wildman–Crippen MR) is 44.2 cm³/mol. The molecule has 0 radical (unpaired) electrons. The number of anilines is 1. The summed E-state index contributed by atoms with van der Waals surface area (Å²) in [6, 6.07) is 1.25. The molecule has 0 bridgehead atoms. The van der Waals surface area contributed by atoms with Crippen LogP contribution in [0.25, 0.3) is 0 Å². The molecule has 5 heteroatoms. The van der Waals surface area contributed by atoms with Gasteiger partial charge in [-0.3, -0.25) is 0 Å². The van der Waals surface area contributed by atoms with Crippen molar-refractivity contribution in [2.45, 2.75) is 6.42 Å². The molecule has 0 spiro atoms. The van der Waals surface area contributed by atoms with Gasteiger partial charge in [0.15, 0.2) is 0 Å². The van der Waals surface area contributed by atoms with Gasteiger partial charge in [-0.05, 0) is 13.0 Å². The third-order valence-electron chi connectivity index (χ3n) is 1.32. The van der Waals surface area contributed by atoms with Gasteiger partial charge in [0, 0.05) is 12.6 Å². The van der Waals surface area contributed by atoms with Crippen molar-refractivity contribution in [3.05, 3.63) is 18.3 Å². The maximum absolute atomic E-state index is 12.5. The van der Waals surface area contributed by atoms with E-state index in [-0.39, 0.29) is 0 Å². The Morgan fingerprint density at radius 3 is 3.00 bits per heavy atom. The molecule has 0 amide bonds. The molecule has 3 N–H and O–H groups in total. The van der Waals surface area contributed by atoms with Crippen molar-refractivity contribution in [2.75, 3.05) is 18.4 Å². The lowest BCUT2D eigenvalue weighted by Crippen LogP contribution is -2.09. The molecular weight excluding hydrogens is 159 g/mol. The van der Waals surface area contributed by atoms with Gasteiger partial charge in [0.2, 0.25) is 5.95 Å². The number of aromatic nitrogens is 2. The van der Waals surface area contributed by atoms with Gasteiger partial charge < -0.3 is 11.1 Å². The van der Waals surface area contributed by atoms with E-state index in [1.54, 1.807) is 0 Å². The number of hydrogen-bond donors (Lipinski definition) is 2. The Labute approximate surface area is 70.0 Å². The van der Waals surface area contributed by atoms with Crippen molar-refractivity contribution < 1.29 is 4.39 Å². The van der Waals surface area contributed by atoms with Crippen molar-refractivity contribution in [2.24, 2.45) is 5.73 Å². The fraction of sp³-hybridized carbons (Fsp3) is 0.429. The normalized spacial score (nSPS) is 9.83. The van der Waals surface area contributed by atoms with Gasteiger partial charge in [0.25, 0.3) is 0 Å². The molecule has 1 aromatic heterocycles. The molecule has 0 fully saturated rings. The predicted octanol–water partition coefficient (Wildman–Crippen LogP) is 0.376. The summed E-state index contributed by atoms with van der Waals surface area (Å²) in [5.41, 5.74) is 5.28. The van der Waals surface area contributed by atoms with E-state index in [1.807, 2.05) is 0 Å². The molecule has 0 aliphatic heterocycles. The van der Waals surface area contributed by atoms with Crippen LogP contribution in [0.1, 0.15) is 6.42 Å². The first kappa shape index (κ1) is 8.86. The van der Waals surface area contributed by atoms with E-state index < -0.39 is 5.95 Å². The smallest absolute Gasteiger partial charge is 0.217 e. The van der Waals surface area contributed by atoms with Crippen LogP contribution in [0.5, 0.6) is 0 Å². The molecule has 0 aliphatic rings. The van der Waals surface area contributed by atoms with Crippen LogP contribution in [0.2, 0.25) is 0 Å². The fourth-order valence-electron chi connectivity index (χ4n) is 0.749. The minimum absolute atomic E-state index is 0.496. The first-order valence-electron chi connectivity index (χ1n) is 3.74. The Hall–Kier alpha value is -1.23. The number of rotatable bonds is 4. The fourth-order valence-corrected chi connectivity index (χ4v) is 0.749. The SMILES string of the molecule is NCCCNc1cc(F)ncn1. The van der Waals surface area contributed by atoms with Gasteiger partial charge in [0.1, 0.15) is 12.1 Å². The summed E-state index contributed by atoms with van der Waals surface area (Å²) in [6.07, 6.45) is 2.02. The second kappa shape index (κ2) is 4.61. The Bertz CT molecular complexity index is 241. The van der Waals surface area contributed by atoms with E-state index in [4.69, 9.17) is 5.73 Å². The second-order valence-electron chi connectivity index (χ2n) is 2.29. The van der Waals surface area contributed by atoms with E-state index in [2.05, 4.69) is 15.3 Å². The van der Waals surface area contributed by atoms with Gasteiger partial charge in [-0.2, -0.15) is 4.39 Å². The third kappa shape index (κ3) is 2.79. The third-order valence-corrected chi connectivity index (χ3v) is 1.32. The lowest BCUT2D eigenvalue weighted by molar-refractivity contribution is 0.580. The molecule has 1 rings (SSSR count). The second-order valence-corrected chi connectivity index (χ2v) is 2.29. The van der Waals surface area contributed by atoms with Gasteiger partial charge >= 0.3 is 0 Å². The van der Waals surface area contributed by atoms with E-state index in [0.29, 0.717) is 18.9 Å². The summed E-state index contributed by atoms with van der Waals surface area (Å²) in [7, 11) is 0. The molecule has 1 heterocycles. The molecule has 4 nitrogen and oxygen atoms in total. The van der Waals surface area contributed by atoms with Crippen molar-refractivity contribution in [1.82, 2.24) is 9.97 Å². The molecule has 0 aromatic carbocycles. The topological polar surface area (TPSA) is 63.8 Å². The van der Waals surface area contributed by atoms with Crippen molar-refractivity contribution in [3.63, 3.8) is 0 Å². The summed E-state index contributed by atoms with van der Waals surface area (Å²) < 4.78 is 12.5. The Morgan fingerprint density at radius 1 is 1.50 bits per heavy atom. The van der Waals surface area contributed by atoms with Crippen LogP contribution in [-0.4, -0.2) is 23.1 Å². The summed E-state index contributed by atoms with van der Waals surface area (Å²) in [5, 5.41) is 2.92. The Balaban J connectivity index is 2.41. The number of halogens is 1. The van der Waals surface area contributed by atoms with Crippen LogP contribution in [0.3, 0.4) is 0 Å². The van der Waals surface area contributed by atoms with Crippen molar-refractivity contribution in [1.29, 1.82) is 0 Å². The highest BCUT2D eigenvalue weighted by Crippen LogP contribution is 2.01. The monoisotopic (exact) mass is 170 g/mol. The minimum atomic E-state index is -0.528. The number of nitrogens with two attached hydrogens (primary N) is 1. The first-order valence-corrected chi connectivity index (χ1v) is 3.74. The quantitative estimate of drug-likeness (QED) is 0.506. The van der Waals surface area contributed by atoms with E-state index in [1.165, 1.54) is 12.4 Å². The van der Waals surface area contributed by atoms with Crippen LogP contribution >= 0.6 is 0 Å². The lowest BCUT2D eigenvalue weighted by Gasteiger charge is -2.02. The van der Waals surface area contributed by atoms with E-state index in [9.17, 15) is 4.39 Å². The molecule has 12 heavy (non-hydrogen) atoms. The van der Waals surface area contributed by atoms with Gasteiger partial charge in [-0.15, -0.1) is 0 Å². The van der Waals surface area contributed by atoms with Crippen LogP contribution in [0.4, 0.5) is 10.2 Å². The molecule has 0 saturated heterocycles. The highest BCUT2D eigenvalue weighted by Gasteiger charge is 1.94. The highest BCUT2D eigenvalue weighted by molar-refractivity contribution is 5.31. The average Bonchev–Trinajstić information content (AvgIpc) is 2.05. The Morgan fingerprint density at radius 2 is 2.33 bits per heavy atom. The maximum atomic E-state index is 12.5. The molecule has 1 aromatic rings. The van der Waals surface area contributed by atoms with Gasteiger partial charge in [-0.1, -0.05) is 0 Å². The minimum Gasteiger partial charge on any atom is -0.370 e. The van der Waals surface area contributed by atoms with Gasteiger partial charge in [0.05, 0.1) is 0 Å². The number of nitrogens with one attached hydrogen (secondary N) is 1. The zero-order valence-electron chi connectivity index (χ0n) is 6.63. The Kier molecular flexibility index (Phi) is 3.40. The largest absolute Gasteiger partial charge is 0.370 e. The molecule has 66 valence electrons. The molecular formula is C7H11FN4. The molecule has 0 saturated carbocycles. The van der Waals surface area contributed by atoms with Crippen molar-refractivity contribution >= 4 is 5.82 Å². The van der Waals surface area contributed by atoms with Crippen LogP contribution in [0.15, 0.2) is 12.4 Å². The zero-order chi connectivity index (χ0) is 8.81. The highest BCUT2D eigenvalue weighted by atomic mass is 19.1. The summed E-state index contributed by atoms with van der Waals surface area (Å²) in [6.45, 7) is 1.31. The molecule has 0 aliphatic carbocycles. The van der Waals surface area contributed by atoms with Crippen molar-refractivity contribution in [3.8, 4) is 0 Å². The summed E-state index contributed by atoms with van der Waals surface area (Å²) in [5.74, 6) is -0.0313. The van der Waals surface area contributed by atoms with E-state index >= 15 is 0 Å². The van der Waals surface area contributed by atoms with Crippen LogP contribution in [0, 0.1) is 5.95 Å². The number of nitrogens with zero attached hydrogens (tertiary/aromatic N) is 2. The van der Waals surface area contributed by atoms with Gasteiger partial charge in [-0.25, -0.2) is 9.97 Å². The average molecular weight is 170 g/mol. The first-order chi connectivity index (χ1) is 5.83.